The van der Waals surface area contributed by atoms with Gasteiger partial charge in [0.2, 0.25) is 0 Å². The Bertz CT molecular complexity index is 406. The summed E-state index contributed by atoms with van der Waals surface area (Å²) < 4.78 is 5.45. The van der Waals surface area contributed by atoms with E-state index < -0.39 is 0 Å². The molecule has 0 amide bonds. The Kier molecular flexibility index (Phi) is 3.48. The van der Waals surface area contributed by atoms with Crippen LogP contribution in [0.1, 0.15) is 30.0 Å². The molecule has 0 aromatic heterocycles. The van der Waals surface area contributed by atoms with E-state index in [2.05, 4.69) is 23.4 Å². The number of rotatable bonds is 3. The Morgan fingerprint density at radius 2 is 2.44 bits per heavy atom. The van der Waals surface area contributed by atoms with E-state index in [1.54, 1.807) is 0 Å². The van der Waals surface area contributed by atoms with Gasteiger partial charge in [0, 0.05) is 6.04 Å². The first kappa shape index (κ1) is 11.0. The molecule has 1 N–H and O–H groups in total. The van der Waals surface area contributed by atoms with Gasteiger partial charge in [-0.1, -0.05) is 12.0 Å². The van der Waals surface area contributed by atoms with Crippen LogP contribution < -0.4 is 10.1 Å². The van der Waals surface area contributed by atoms with E-state index in [4.69, 9.17) is 11.2 Å². The Morgan fingerprint density at radius 1 is 1.56 bits per heavy atom. The lowest BCUT2D eigenvalue weighted by Crippen LogP contribution is -2.21. The Balaban J connectivity index is 2.24. The van der Waals surface area contributed by atoms with Crippen molar-refractivity contribution in [2.24, 2.45) is 0 Å². The van der Waals surface area contributed by atoms with Gasteiger partial charge in [-0.05, 0) is 49.6 Å². The molecule has 0 aliphatic heterocycles. The molecule has 0 heterocycles. The van der Waals surface area contributed by atoms with Gasteiger partial charge in [0.15, 0.2) is 0 Å². The first-order valence-electron chi connectivity index (χ1n) is 5.71. The molecule has 1 aliphatic carbocycles. The van der Waals surface area contributed by atoms with Crippen molar-refractivity contribution in [3.05, 3.63) is 29.3 Å². The third kappa shape index (κ3) is 2.20. The Morgan fingerprint density at radius 3 is 3.19 bits per heavy atom. The maximum absolute atomic E-state index is 5.45. The number of hydrogen-bond donors (Lipinski definition) is 1. The van der Waals surface area contributed by atoms with Crippen LogP contribution in [0, 0.1) is 12.3 Å². The zero-order chi connectivity index (χ0) is 11.4. The molecule has 0 fully saturated rings. The van der Waals surface area contributed by atoms with Gasteiger partial charge in [0.25, 0.3) is 0 Å². The molecular weight excluding hydrogens is 198 g/mol. The molecule has 1 unspecified atom stereocenters. The second-order valence-electron chi connectivity index (χ2n) is 4.09. The molecule has 2 nitrogen and oxygen atoms in total. The van der Waals surface area contributed by atoms with Crippen molar-refractivity contribution in [3.63, 3.8) is 0 Å². The van der Waals surface area contributed by atoms with E-state index >= 15 is 0 Å². The number of nitrogens with one attached hydrogen (secondary N) is 1. The number of hydrogen-bond acceptors (Lipinski definition) is 2. The molecule has 84 valence electrons. The summed E-state index contributed by atoms with van der Waals surface area (Å²) in [6, 6.07) is 6.74. The van der Waals surface area contributed by atoms with Crippen molar-refractivity contribution in [2.75, 3.05) is 13.7 Å². The molecule has 1 aliphatic rings. The maximum Gasteiger partial charge on any atom is 0.148 e. The van der Waals surface area contributed by atoms with Crippen LogP contribution in [0.2, 0.25) is 0 Å². The van der Waals surface area contributed by atoms with Crippen molar-refractivity contribution < 1.29 is 4.74 Å². The van der Waals surface area contributed by atoms with E-state index in [-0.39, 0.29) is 0 Å². The minimum Gasteiger partial charge on any atom is -0.481 e. The van der Waals surface area contributed by atoms with Crippen molar-refractivity contribution in [1.29, 1.82) is 0 Å². The van der Waals surface area contributed by atoms with E-state index in [9.17, 15) is 0 Å². The first-order valence-corrected chi connectivity index (χ1v) is 5.71. The molecule has 2 rings (SSSR count). The fraction of sp³-hybridized carbons (Fsp3) is 0.429. The average molecular weight is 215 g/mol. The maximum atomic E-state index is 5.45. The van der Waals surface area contributed by atoms with Gasteiger partial charge in [0.1, 0.15) is 12.4 Å². The van der Waals surface area contributed by atoms with Crippen LogP contribution in [0.25, 0.3) is 0 Å². The molecule has 2 heteroatoms. The van der Waals surface area contributed by atoms with Gasteiger partial charge in [0.05, 0.1) is 0 Å². The summed E-state index contributed by atoms with van der Waals surface area (Å²) in [5.41, 5.74) is 2.79. The fourth-order valence-corrected chi connectivity index (χ4v) is 2.29. The predicted molar refractivity (Wildman–Crippen MR) is 65.5 cm³/mol. The third-order valence-corrected chi connectivity index (χ3v) is 3.10. The zero-order valence-corrected chi connectivity index (χ0v) is 9.62. The monoisotopic (exact) mass is 215 g/mol. The van der Waals surface area contributed by atoms with Crippen LogP contribution in [-0.4, -0.2) is 13.7 Å². The van der Waals surface area contributed by atoms with E-state index in [0.717, 1.165) is 5.75 Å². The Labute approximate surface area is 97.0 Å². The molecule has 0 saturated heterocycles. The summed E-state index contributed by atoms with van der Waals surface area (Å²) in [6.45, 7) is 0.336. The molecule has 0 saturated carbocycles. The summed E-state index contributed by atoms with van der Waals surface area (Å²) in [6.07, 6.45) is 8.80. The molecule has 0 spiro atoms. The van der Waals surface area contributed by atoms with Gasteiger partial charge < -0.3 is 10.1 Å². The molecule has 1 aromatic rings. The van der Waals surface area contributed by atoms with Gasteiger partial charge in [-0.15, -0.1) is 6.42 Å². The normalized spacial score (nSPS) is 18.6. The lowest BCUT2D eigenvalue weighted by atomic mass is 9.87. The summed E-state index contributed by atoms with van der Waals surface area (Å²) in [5.74, 6) is 3.36. The predicted octanol–water partition coefficient (Wildman–Crippen LogP) is 2.30. The van der Waals surface area contributed by atoms with Crippen LogP contribution in [0.5, 0.6) is 5.75 Å². The van der Waals surface area contributed by atoms with Crippen LogP contribution in [0.3, 0.4) is 0 Å². The second kappa shape index (κ2) is 5.05. The molecule has 0 radical (unpaired) electrons. The molecule has 1 aromatic carbocycles. The van der Waals surface area contributed by atoms with Crippen molar-refractivity contribution in [1.82, 2.24) is 5.32 Å². The van der Waals surface area contributed by atoms with Gasteiger partial charge in [-0.2, -0.15) is 0 Å². The van der Waals surface area contributed by atoms with Crippen LogP contribution >= 0.6 is 0 Å². The van der Waals surface area contributed by atoms with E-state index in [1.165, 1.54) is 30.4 Å². The summed E-state index contributed by atoms with van der Waals surface area (Å²) >= 11 is 0. The highest BCUT2D eigenvalue weighted by Crippen LogP contribution is 2.32. The number of terminal acetylenes is 1. The largest absolute Gasteiger partial charge is 0.481 e. The lowest BCUT2D eigenvalue weighted by Gasteiger charge is -2.25. The summed E-state index contributed by atoms with van der Waals surface area (Å²) in [7, 11) is 2.01. The first-order chi connectivity index (χ1) is 7.85. The molecular formula is C14H17NO. The molecule has 1 atom stereocenters. The van der Waals surface area contributed by atoms with Crippen LogP contribution in [0.4, 0.5) is 0 Å². The quantitative estimate of drug-likeness (QED) is 0.781. The topological polar surface area (TPSA) is 21.3 Å². The molecule has 0 bridgehead atoms. The second-order valence-corrected chi connectivity index (χ2v) is 4.09. The van der Waals surface area contributed by atoms with Gasteiger partial charge >= 0.3 is 0 Å². The van der Waals surface area contributed by atoms with Gasteiger partial charge in [-0.3, -0.25) is 0 Å². The number of fused-ring (bicyclic) bond motifs is 1. The standard InChI is InChI=1S/C14H17NO/c1-3-9-16-12-8-7-11-5-4-6-14(15-2)13(11)10-12/h1,7-8,10,14-15H,4-6,9H2,2H3. The highest BCUT2D eigenvalue weighted by Gasteiger charge is 2.18. The summed E-state index contributed by atoms with van der Waals surface area (Å²) in [5, 5.41) is 3.35. The lowest BCUT2D eigenvalue weighted by molar-refractivity contribution is 0.368. The number of benzene rings is 1. The zero-order valence-electron chi connectivity index (χ0n) is 9.62. The number of ether oxygens (including phenoxy) is 1. The minimum absolute atomic E-state index is 0.336. The number of aryl methyl sites for hydroxylation is 1. The fourth-order valence-electron chi connectivity index (χ4n) is 2.29. The van der Waals surface area contributed by atoms with Crippen molar-refractivity contribution in [3.8, 4) is 18.1 Å². The van der Waals surface area contributed by atoms with Crippen molar-refractivity contribution >= 4 is 0 Å². The Hall–Kier alpha value is -1.46. The highest BCUT2D eigenvalue weighted by molar-refractivity contribution is 5.39. The van der Waals surface area contributed by atoms with E-state index in [0.29, 0.717) is 12.6 Å². The third-order valence-electron chi connectivity index (χ3n) is 3.10. The highest BCUT2D eigenvalue weighted by atomic mass is 16.5. The smallest absolute Gasteiger partial charge is 0.148 e. The van der Waals surface area contributed by atoms with E-state index in [1.807, 2.05) is 13.1 Å². The summed E-state index contributed by atoms with van der Waals surface area (Å²) in [4.78, 5) is 0. The minimum atomic E-state index is 0.336. The molecule has 16 heavy (non-hydrogen) atoms. The van der Waals surface area contributed by atoms with Crippen LogP contribution in [0.15, 0.2) is 18.2 Å². The average Bonchev–Trinajstić information content (AvgIpc) is 2.35. The van der Waals surface area contributed by atoms with Crippen molar-refractivity contribution in [2.45, 2.75) is 25.3 Å². The van der Waals surface area contributed by atoms with Gasteiger partial charge in [-0.25, -0.2) is 0 Å². The SMILES string of the molecule is C#CCOc1ccc2c(c1)C(NC)CCC2. The van der Waals surface area contributed by atoms with Crippen LogP contribution in [-0.2, 0) is 6.42 Å².